The fourth-order valence-corrected chi connectivity index (χ4v) is 2.07. The van der Waals surface area contributed by atoms with Crippen LogP contribution in [0.5, 0.6) is 0 Å². The zero-order valence-electron chi connectivity index (χ0n) is 13.4. The number of hydrogen-bond donors (Lipinski definition) is 0. The van der Waals surface area contributed by atoms with Crippen molar-refractivity contribution in [1.82, 2.24) is 0 Å². The van der Waals surface area contributed by atoms with Gasteiger partial charge in [-0.25, -0.2) is 18.0 Å². The molecule has 25 heavy (non-hydrogen) atoms. The zero-order chi connectivity index (χ0) is 18.4. The lowest BCUT2D eigenvalue weighted by molar-refractivity contribution is -0.141. The molecule has 0 N–H and O–H groups in total. The lowest BCUT2D eigenvalue weighted by Crippen LogP contribution is -2.15. The minimum absolute atomic E-state index is 0.00156. The van der Waals surface area contributed by atoms with Crippen molar-refractivity contribution in [2.24, 2.45) is 0 Å². The average Bonchev–Trinajstić information content (AvgIpc) is 2.62. The number of carbonyl (C=O) groups is 2. The summed E-state index contributed by atoms with van der Waals surface area (Å²) >= 11 is 0. The molecule has 0 radical (unpaired) electrons. The molecule has 0 saturated carbocycles. The molecule has 0 aromatic heterocycles. The second-order valence-corrected chi connectivity index (χ2v) is 5.20. The Morgan fingerprint density at radius 2 is 1.64 bits per heavy atom. The molecule has 2 rings (SSSR count). The zero-order valence-corrected chi connectivity index (χ0v) is 13.4. The van der Waals surface area contributed by atoms with Gasteiger partial charge in [-0.05, 0) is 29.3 Å². The molecule has 0 aliphatic rings. The predicted molar refractivity (Wildman–Crippen MR) is 85.8 cm³/mol. The number of rotatable bonds is 6. The summed E-state index contributed by atoms with van der Waals surface area (Å²) in [7, 11) is 0. The van der Waals surface area contributed by atoms with Gasteiger partial charge < -0.3 is 4.74 Å². The highest BCUT2D eigenvalue weighted by molar-refractivity contribution is 6.20. The van der Waals surface area contributed by atoms with Crippen LogP contribution in [-0.4, -0.2) is 11.8 Å². The molecular weight excluding hydrogens is 333 g/mol. The Hall–Kier alpha value is -2.89. The van der Waals surface area contributed by atoms with Crippen LogP contribution in [0.15, 0.2) is 48.0 Å². The Morgan fingerprint density at radius 1 is 1.04 bits per heavy atom. The van der Waals surface area contributed by atoms with E-state index in [9.17, 15) is 22.8 Å². The molecule has 0 unspecified atom stereocenters. The molecule has 0 saturated heterocycles. The molecule has 0 aliphatic heterocycles. The van der Waals surface area contributed by atoms with E-state index in [0.717, 1.165) is 11.6 Å². The lowest BCUT2D eigenvalue weighted by atomic mass is 10.1. The first kappa shape index (κ1) is 18.4. The molecule has 130 valence electrons. The van der Waals surface area contributed by atoms with Gasteiger partial charge in [0.15, 0.2) is 23.2 Å². The van der Waals surface area contributed by atoms with Gasteiger partial charge in [0.25, 0.3) is 0 Å². The smallest absolute Gasteiger partial charge is 0.342 e. The van der Waals surface area contributed by atoms with Gasteiger partial charge in [0.1, 0.15) is 12.2 Å². The van der Waals surface area contributed by atoms with Crippen LogP contribution in [0.4, 0.5) is 13.2 Å². The third-order valence-corrected chi connectivity index (χ3v) is 3.37. The van der Waals surface area contributed by atoms with E-state index in [-0.39, 0.29) is 24.2 Å². The van der Waals surface area contributed by atoms with E-state index >= 15 is 0 Å². The molecular formula is C19H15F3O3. The Bertz CT molecular complexity index is 791. The lowest BCUT2D eigenvalue weighted by Gasteiger charge is -2.08. The Kier molecular flexibility index (Phi) is 6.11. The number of halogens is 3. The average molecular weight is 348 g/mol. The molecule has 0 bridgehead atoms. The van der Waals surface area contributed by atoms with Crippen molar-refractivity contribution in [1.29, 1.82) is 0 Å². The first-order valence-corrected chi connectivity index (χ1v) is 7.52. The predicted octanol–water partition coefficient (Wildman–Crippen LogP) is 4.21. The molecule has 2 aromatic carbocycles. The first-order chi connectivity index (χ1) is 11.9. The van der Waals surface area contributed by atoms with E-state index in [1.807, 2.05) is 0 Å². The fourth-order valence-electron chi connectivity index (χ4n) is 2.07. The van der Waals surface area contributed by atoms with E-state index in [2.05, 4.69) is 0 Å². The third-order valence-electron chi connectivity index (χ3n) is 3.37. The molecule has 3 nitrogen and oxygen atoms in total. The molecule has 0 aliphatic carbocycles. The van der Waals surface area contributed by atoms with Crippen molar-refractivity contribution in [2.75, 3.05) is 0 Å². The minimum atomic E-state index is -1.62. The fraction of sp³-hybridized carbons (Fsp3) is 0.158. The van der Waals surface area contributed by atoms with E-state index in [0.29, 0.717) is 12.1 Å². The summed E-state index contributed by atoms with van der Waals surface area (Å²) in [4.78, 5) is 24.2. The number of esters is 1. The highest BCUT2D eigenvalue weighted by Gasteiger charge is 2.19. The second kappa shape index (κ2) is 8.28. The number of ketones is 1. The van der Waals surface area contributed by atoms with Crippen molar-refractivity contribution < 1.29 is 27.5 Å². The van der Waals surface area contributed by atoms with Gasteiger partial charge in [-0.3, -0.25) is 4.79 Å². The van der Waals surface area contributed by atoms with Crippen LogP contribution in [0, 0.1) is 17.5 Å². The number of benzene rings is 2. The van der Waals surface area contributed by atoms with Crippen LogP contribution >= 0.6 is 0 Å². The molecule has 0 atom stereocenters. The van der Waals surface area contributed by atoms with Gasteiger partial charge in [-0.2, -0.15) is 0 Å². The normalized spacial score (nSPS) is 11.3. The van der Waals surface area contributed by atoms with Gasteiger partial charge in [-0.15, -0.1) is 0 Å². The largest absolute Gasteiger partial charge is 0.457 e. The summed E-state index contributed by atoms with van der Waals surface area (Å²) in [6, 6.07) is 10.2. The quantitative estimate of drug-likeness (QED) is 0.258. The van der Waals surface area contributed by atoms with Crippen LogP contribution in [0.2, 0.25) is 0 Å². The van der Waals surface area contributed by atoms with Crippen molar-refractivity contribution in [2.45, 2.75) is 20.0 Å². The summed E-state index contributed by atoms with van der Waals surface area (Å²) in [5, 5.41) is 0. The summed E-state index contributed by atoms with van der Waals surface area (Å²) in [6.07, 6.45) is 0.989. The van der Waals surface area contributed by atoms with Crippen molar-refractivity contribution in [3.05, 3.63) is 76.6 Å². The van der Waals surface area contributed by atoms with Crippen LogP contribution in [0.3, 0.4) is 0 Å². The monoisotopic (exact) mass is 348 g/mol. The van der Waals surface area contributed by atoms with Gasteiger partial charge in [0.05, 0.1) is 0 Å². The number of Topliss-reactive ketones (excluding diaryl/α,β-unsaturated/α-hetero) is 1. The molecule has 6 heteroatoms. The highest BCUT2D eigenvalue weighted by atomic mass is 19.2. The summed E-state index contributed by atoms with van der Waals surface area (Å²) in [5.74, 6) is -5.91. The van der Waals surface area contributed by atoms with Gasteiger partial charge in [-0.1, -0.05) is 37.3 Å². The Balaban J connectivity index is 2.26. The van der Waals surface area contributed by atoms with Crippen molar-refractivity contribution in [3.63, 3.8) is 0 Å². The third kappa shape index (κ3) is 4.79. The maximum Gasteiger partial charge on any atom is 0.342 e. The van der Waals surface area contributed by atoms with Crippen LogP contribution in [0.1, 0.15) is 24.5 Å². The number of ether oxygens (including phenoxy) is 1. The number of hydrogen-bond acceptors (Lipinski definition) is 3. The van der Waals surface area contributed by atoms with Crippen LogP contribution in [-0.2, 0) is 20.9 Å². The van der Waals surface area contributed by atoms with E-state index < -0.39 is 29.2 Å². The SMILES string of the molecule is CCC(=O)/C(=C\c1cc(F)c(F)c(F)c1)C(=O)OCc1ccccc1. The second-order valence-electron chi connectivity index (χ2n) is 5.20. The maximum atomic E-state index is 13.3. The van der Waals surface area contributed by atoms with E-state index in [1.165, 1.54) is 6.92 Å². The summed E-state index contributed by atoms with van der Waals surface area (Å²) in [5.41, 5.74) is 0.215. The number of carbonyl (C=O) groups excluding carboxylic acids is 2. The Labute approximate surface area is 142 Å². The maximum absolute atomic E-state index is 13.3. The van der Waals surface area contributed by atoms with Gasteiger partial charge >= 0.3 is 5.97 Å². The van der Waals surface area contributed by atoms with Crippen LogP contribution < -0.4 is 0 Å². The van der Waals surface area contributed by atoms with E-state index in [4.69, 9.17) is 4.74 Å². The molecule has 0 heterocycles. The molecule has 0 fully saturated rings. The minimum Gasteiger partial charge on any atom is -0.457 e. The topological polar surface area (TPSA) is 43.4 Å². The summed E-state index contributed by atoms with van der Waals surface area (Å²) < 4.78 is 44.7. The molecule has 0 amide bonds. The first-order valence-electron chi connectivity index (χ1n) is 7.52. The highest BCUT2D eigenvalue weighted by Crippen LogP contribution is 2.18. The Morgan fingerprint density at radius 3 is 2.20 bits per heavy atom. The van der Waals surface area contributed by atoms with Crippen LogP contribution in [0.25, 0.3) is 6.08 Å². The van der Waals surface area contributed by atoms with Gasteiger partial charge in [0.2, 0.25) is 0 Å². The standard InChI is InChI=1S/C19H15F3O3/c1-2-17(23)14(8-13-9-15(20)18(22)16(21)10-13)19(24)25-11-12-6-4-3-5-7-12/h3-10H,2,11H2,1H3/b14-8+. The van der Waals surface area contributed by atoms with Gasteiger partial charge in [0, 0.05) is 6.42 Å². The van der Waals surface area contributed by atoms with E-state index in [1.54, 1.807) is 30.3 Å². The molecule has 2 aromatic rings. The van der Waals surface area contributed by atoms with Crippen molar-refractivity contribution in [3.8, 4) is 0 Å². The summed E-state index contributed by atoms with van der Waals surface area (Å²) in [6.45, 7) is 1.48. The molecule has 0 spiro atoms. The van der Waals surface area contributed by atoms with Crippen molar-refractivity contribution >= 4 is 17.8 Å².